The lowest BCUT2D eigenvalue weighted by Gasteiger charge is -2.11. The molecule has 2 aromatic rings. The Balaban J connectivity index is 1.63. The molecule has 0 amide bonds. The number of ether oxygens (including phenoxy) is 2. The van der Waals surface area contributed by atoms with Crippen LogP contribution in [0.3, 0.4) is 0 Å². The molecular formula is C18H18O5. The van der Waals surface area contributed by atoms with Gasteiger partial charge in [-0.05, 0) is 55.4 Å². The second kappa shape index (κ2) is 5.81. The van der Waals surface area contributed by atoms with E-state index in [2.05, 4.69) is 6.07 Å². The molecule has 1 aromatic heterocycles. The van der Waals surface area contributed by atoms with E-state index in [0.717, 1.165) is 31.1 Å². The van der Waals surface area contributed by atoms with Gasteiger partial charge in [-0.1, -0.05) is 0 Å². The molecule has 4 rings (SSSR count). The van der Waals surface area contributed by atoms with Crippen molar-refractivity contribution in [3.05, 3.63) is 45.3 Å². The van der Waals surface area contributed by atoms with Crippen LogP contribution in [-0.4, -0.2) is 18.7 Å². The largest absolute Gasteiger partial charge is 0.459 e. The van der Waals surface area contributed by atoms with Crippen molar-refractivity contribution in [3.8, 4) is 0 Å². The van der Waals surface area contributed by atoms with Crippen molar-refractivity contribution in [2.75, 3.05) is 6.61 Å². The minimum absolute atomic E-state index is 0.0690. The molecule has 1 saturated heterocycles. The monoisotopic (exact) mass is 314 g/mol. The molecule has 2 aliphatic rings. The van der Waals surface area contributed by atoms with Crippen LogP contribution in [0.25, 0.3) is 11.0 Å². The highest BCUT2D eigenvalue weighted by Crippen LogP contribution is 2.29. The first-order valence-corrected chi connectivity index (χ1v) is 8.07. The molecule has 1 atom stereocenters. The van der Waals surface area contributed by atoms with Crippen LogP contribution in [0, 0.1) is 0 Å². The lowest BCUT2D eigenvalue weighted by Crippen LogP contribution is -2.22. The van der Waals surface area contributed by atoms with Gasteiger partial charge in [0.2, 0.25) is 0 Å². The molecule has 120 valence electrons. The minimum atomic E-state index is -0.467. The van der Waals surface area contributed by atoms with Gasteiger partial charge >= 0.3 is 11.6 Å². The molecule has 23 heavy (non-hydrogen) atoms. The summed E-state index contributed by atoms with van der Waals surface area (Å²) in [5, 5.41) is 0.852. The van der Waals surface area contributed by atoms with Crippen LogP contribution >= 0.6 is 0 Å². The quantitative estimate of drug-likeness (QED) is 0.643. The number of esters is 1. The Morgan fingerprint density at radius 1 is 1.17 bits per heavy atom. The van der Waals surface area contributed by atoms with Crippen LogP contribution in [0.2, 0.25) is 0 Å². The van der Waals surface area contributed by atoms with Crippen molar-refractivity contribution in [2.24, 2.45) is 0 Å². The van der Waals surface area contributed by atoms with Crippen LogP contribution in [0.5, 0.6) is 0 Å². The van der Waals surface area contributed by atoms with E-state index in [1.165, 1.54) is 17.2 Å². The summed E-state index contributed by atoms with van der Waals surface area (Å²) in [6.07, 6.45) is 4.30. The lowest BCUT2D eigenvalue weighted by atomic mass is 10.0. The number of hydrogen-bond donors (Lipinski definition) is 0. The third kappa shape index (κ3) is 2.77. The number of hydrogen-bond acceptors (Lipinski definition) is 5. The van der Waals surface area contributed by atoms with Crippen molar-refractivity contribution in [1.82, 2.24) is 0 Å². The van der Waals surface area contributed by atoms with Crippen LogP contribution in [0.15, 0.2) is 27.4 Å². The lowest BCUT2D eigenvalue weighted by molar-refractivity contribution is -0.155. The molecule has 1 fully saturated rings. The summed E-state index contributed by atoms with van der Waals surface area (Å²) in [6, 6.07) is 5.42. The summed E-state index contributed by atoms with van der Waals surface area (Å²) in [4.78, 5) is 23.8. The molecule has 0 radical (unpaired) electrons. The minimum Gasteiger partial charge on any atom is -0.459 e. The van der Waals surface area contributed by atoms with Gasteiger partial charge in [0, 0.05) is 23.6 Å². The van der Waals surface area contributed by atoms with E-state index in [1.807, 2.05) is 6.07 Å². The molecular weight excluding hydrogens is 296 g/mol. The second-order valence-electron chi connectivity index (χ2n) is 6.17. The number of carbonyl (C=O) groups excluding carboxylic acids is 1. The fourth-order valence-corrected chi connectivity index (χ4v) is 3.42. The molecule has 1 aliphatic carbocycles. The molecule has 2 heterocycles. The summed E-state index contributed by atoms with van der Waals surface area (Å²) < 4.78 is 16.0. The Hall–Kier alpha value is -2.14. The average molecular weight is 314 g/mol. The number of carbonyl (C=O) groups is 1. The summed E-state index contributed by atoms with van der Waals surface area (Å²) >= 11 is 0. The molecule has 5 nitrogen and oxygen atoms in total. The zero-order valence-electron chi connectivity index (χ0n) is 12.8. The summed E-state index contributed by atoms with van der Waals surface area (Å²) in [7, 11) is 0. The van der Waals surface area contributed by atoms with Gasteiger partial charge in [-0.3, -0.25) is 0 Å². The van der Waals surface area contributed by atoms with E-state index < -0.39 is 11.7 Å². The average Bonchev–Trinajstić information content (AvgIpc) is 3.21. The van der Waals surface area contributed by atoms with E-state index >= 15 is 0 Å². The van der Waals surface area contributed by atoms with Gasteiger partial charge in [0.05, 0.1) is 0 Å². The standard InChI is InChI=1S/C18H18O5/c19-17-9-13(10-22-18(20)15-5-2-6-21-15)14-7-11-3-1-4-12(11)8-16(14)23-17/h7-9,15H,1-6,10H2/t15-/m1/s1. The SMILES string of the molecule is O=C(OCc1cc(=O)oc2cc3c(cc12)CCC3)[C@H]1CCCO1. The van der Waals surface area contributed by atoms with Gasteiger partial charge in [0.1, 0.15) is 12.2 Å². The van der Waals surface area contributed by atoms with Crippen LogP contribution in [0.1, 0.15) is 36.0 Å². The maximum atomic E-state index is 12.0. The zero-order chi connectivity index (χ0) is 15.8. The summed E-state index contributed by atoms with van der Waals surface area (Å²) in [6.45, 7) is 0.670. The van der Waals surface area contributed by atoms with Gasteiger partial charge in [-0.2, -0.15) is 0 Å². The van der Waals surface area contributed by atoms with Crippen molar-refractivity contribution in [1.29, 1.82) is 0 Å². The van der Waals surface area contributed by atoms with Crippen molar-refractivity contribution in [3.63, 3.8) is 0 Å². The van der Waals surface area contributed by atoms with E-state index in [4.69, 9.17) is 13.9 Å². The van der Waals surface area contributed by atoms with Gasteiger partial charge in [0.15, 0.2) is 6.10 Å². The first-order chi connectivity index (χ1) is 11.2. The molecule has 1 aliphatic heterocycles. The maximum Gasteiger partial charge on any atom is 0.336 e. The zero-order valence-corrected chi connectivity index (χ0v) is 12.8. The third-order valence-corrected chi connectivity index (χ3v) is 4.61. The number of benzene rings is 1. The Morgan fingerprint density at radius 2 is 2.00 bits per heavy atom. The van der Waals surface area contributed by atoms with E-state index in [-0.39, 0.29) is 12.6 Å². The Labute approximate surface area is 133 Å². The molecule has 0 N–H and O–H groups in total. The van der Waals surface area contributed by atoms with Crippen LogP contribution in [-0.2, 0) is 33.7 Å². The van der Waals surface area contributed by atoms with E-state index in [0.29, 0.717) is 24.2 Å². The number of aryl methyl sites for hydroxylation is 2. The fourth-order valence-electron chi connectivity index (χ4n) is 3.42. The predicted octanol–water partition coefficient (Wildman–Crippen LogP) is 2.50. The van der Waals surface area contributed by atoms with E-state index in [9.17, 15) is 9.59 Å². The highest BCUT2D eigenvalue weighted by molar-refractivity contribution is 5.82. The first-order valence-electron chi connectivity index (χ1n) is 8.07. The van der Waals surface area contributed by atoms with Crippen LogP contribution in [0.4, 0.5) is 0 Å². The topological polar surface area (TPSA) is 65.7 Å². The summed E-state index contributed by atoms with van der Waals surface area (Å²) in [5.41, 5.74) is 3.38. The molecule has 0 saturated carbocycles. The maximum absolute atomic E-state index is 12.0. The normalized spacial score (nSPS) is 19.9. The Bertz CT molecular complexity index is 814. The van der Waals surface area contributed by atoms with Gasteiger partial charge in [-0.15, -0.1) is 0 Å². The van der Waals surface area contributed by atoms with Crippen LogP contribution < -0.4 is 5.63 Å². The summed E-state index contributed by atoms with van der Waals surface area (Å²) in [5.74, 6) is -0.356. The van der Waals surface area contributed by atoms with Crippen molar-refractivity contribution >= 4 is 16.9 Å². The van der Waals surface area contributed by atoms with Gasteiger partial charge < -0.3 is 13.9 Å². The Morgan fingerprint density at radius 3 is 2.78 bits per heavy atom. The smallest absolute Gasteiger partial charge is 0.336 e. The van der Waals surface area contributed by atoms with E-state index in [1.54, 1.807) is 0 Å². The number of rotatable bonds is 3. The molecule has 5 heteroatoms. The third-order valence-electron chi connectivity index (χ3n) is 4.61. The highest BCUT2D eigenvalue weighted by Gasteiger charge is 2.25. The fraction of sp³-hybridized carbons (Fsp3) is 0.444. The predicted molar refractivity (Wildman–Crippen MR) is 83.3 cm³/mol. The molecule has 1 aromatic carbocycles. The molecule has 0 bridgehead atoms. The molecule has 0 spiro atoms. The number of fused-ring (bicyclic) bond motifs is 2. The van der Waals surface area contributed by atoms with Crippen molar-refractivity contribution < 1.29 is 18.7 Å². The second-order valence-corrected chi connectivity index (χ2v) is 6.17. The van der Waals surface area contributed by atoms with Gasteiger partial charge in [-0.25, -0.2) is 9.59 Å². The van der Waals surface area contributed by atoms with Crippen molar-refractivity contribution in [2.45, 2.75) is 44.8 Å². The first kappa shape index (κ1) is 14.5. The molecule has 0 unspecified atom stereocenters. The van der Waals surface area contributed by atoms with Gasteiger partial charge in [0.25, 0.3) is 0 Å². The highest BCUT2D eigenvalue weighted by atomic mass is 16.6. The Kier molecular flexibility index (Phi) is 3.65.